The smallest absolute Gasteiger partial charge is 0.252 e. The van der Waals surface area contributed by atoms with Crippen molar-refractivity contribution in [1.82, 2.24) is 15.2 Å². The Hall–Kier alpha value is -2.86. The van der Waals surface area contributed by atoms with E-state index in [2.05, 4.69) is 17.1 Å². The molecular formula is C23H23F2N3O. The standard InChI is InChI=1S/C23H23F2N3O/c1-3-28-11-10-21-17(13-28)22(16-6-4-5-7-20(16)27-21)23(29)26-14(2)15-8-9-18(24)19(25)12-15/h4-9,12,14H,3,10-11,13H2,1-2H3,(H,26,29)/t14-/m1/s1. The van der Waals surface area contributed by atoms with E-state index in [0.29, 0.717) is 17.7 Å². The van der Waals surface area contributed by atoms with Crippen LogP contribution in [-0.2, 0) is 13.0 Å². The molecule has 0 radical (unpaired) electrons. The van der Waals surface area contributed by atoms with Crippen molar-refractivity contribution in [2.24, 2.45) is 0 Å². The zero-order valence-electron chi connectivity index (χ0n) is 16.5. The molecule has 0 fully saturated rings. The van der Waals surface area contributed by atoms with Crippen LogP contribution in [-0.4, -0.2) is 28.9 Å². The third kappa shape index (κ3) is 3.72. The minimum atomic E-state index is -0.922. The zero-order valence-corrected chi connectivity index (χ0v) is 16.5. The molecule has 2 aromatic carbocycles. The van der Waals surface area contributed by atoms with Crippen LogP contribution in [0, 0.1) is 11.6 Å². The summed E-state index contributed by atoms with van der Waals surface area (Å²) in [5, 5.41) is 3.76. The van der Waals surface area contributed by atoms with Gasteiger partial charge in [-0.15, -0.1) is 0 Å². The molecule has 1 atom stereocenters. The van der Waals surface area contributed by atoms with Crippen molar-refractivity contribution in [3.63, 3.8) is 0 Å². The molecule has 4 rings (SSSR count). The Balaban J connectivity index is 1.73. The van der Waals surface area contributed by atoms with Crippen LogP contribution in [0.3, 0.4) is 0 Å². The van der Waals surface area contributed by atoms with Crippen molar-refractivity contribution >= 4 is 16.8 Å². The fourth-order valence-corrected chi connectivity index (χ4v) is 3.91. The third-order valence-electron chi connectivity index (χ3n) is 5.59. The highest BCUT2D eigenvalue weighted by Crippen LogP contribution is 2.29. The number of fused-ring (bicyclic) bond motifs is 2. The summed E-state index contributed by atoms with van der Waals surface area (Å²) in [7, 11) is 0. The van der Waals surface area contributed by atoms with Gasteiger partial charge in [-0.1, -0.05) is 31.2 Å². The summed E-state index contributed by atoms with van der Waals surface area (Å²) in [5.41, 5.74) is 3.84. The van der Waals surface area contributed by atoms with Gasteiger partial charge >= 0.3 is 0 Å². The van der Waals surface area contributed by atoms with Gasteiger partial charge in [0.2, 0.25) is 0 Å². The Morgan fingerprint density at radius 2 is 2.00 bits per heavy atom. The second-order valence-corrected chi connectivity index (χ2v) is 7.42. The van der Waals surface area contributed by atoms with E-state index in [1.807, 2.05) is 24.3 Å². The number of halogens is 2. The summed E-state index contributed by atoms with van der Waals surface area (Å²) in [5.74, 6) is -2.05. The predicted molar refractivity (Wildman–Crippen MR) is 109 cm³/mol. The Labute approximate surface area is 168 Å². The quantitative estimate of drug-likeness (QED) is 0.713. The molecule has 0 aliphatic carbocycles. The lowest BCUT2D eigenvalue weighted by molar-refractivity contribution is 0.0938. The van der Waals surface area contributed by atoms with Crippen molar-refractivity contribution in [2.45, 2.75) is 32.9 Å². The number of rotatable bonds is 4. The van der Waals surface area contributed by atoms with Gasteiger partial charge in [-0.3, -0.25) is 14.7 Å². The fraction of sp³-hybridized carbons (Fsp3) is 0.304. The number of hydrogen-bond acceptors (Lipinski definition) is 3. The van der Waals surface area contributed by atoms with Gasteiger partial charge in [-0.05, 0) is 37.2 Å². The van der Waals surface area contributed by atoms with Crippen LogP contribution in [0.15, 0.2) is 42.5 Å². The highest BCUT2D eigenvalue weighted by Gasteiger charge is 2.26. The summed E-state index contributed by atoms with van der Waals surface area (Å²) in [4.78, 5) is 20.4. The van der Waals surface area contributed by atoms with Crippen molar-refractivity contribution in [2.75, 3.05) is 13.1 Å². The summed E-state index contributed by atoms with van der Waals surface area (Å²) in [6.07, 6.45) is 0.799. The van der Waals surface area contributed by atoms with E-state index in [9.17, 15) is 13.6 Å². The first-order valence-corrected chi connectivity index (χ1v) is 9.86. The Morgan fingerprint density at radius 1 is 1.21 bits per heavy atom. The maximum atomic E-state index is 13.6. The van der Waals surface area contributed by atoms with Crippen LogP contribution >= 0.6 is 0 Å². The van der Waals surface area contributed by atoms with Crippen molar-refractivity contribution in [1.29, 1.82) is 0 Å². The first kappa shape index (κ1) is 19.5. The van der Waals surface area contributed by atoms with E-state index in [1.165, 1.54) is 6.07 Å². The first-order chi connectivity index (χ1) is 14.0. The van der Waals surface area contributed by atoms with Crippen molar-refractivity contribution in [3.8, 4) is 0 Å². The van der Waals surface area contributed by atoms with Crippen LogP contribution in [0.2, 0.25) is 0 Å². The second-order valence-electron chi connectivity index (χ2n) is 7.42. The molecule has 150 valence electrons. The number of amides is 1. The molecule has 1 N–H and O–H groups in total. The number of pyridine rings is 1. The van der Waals surface area contributed by atoms with Gasteiger partial charge in [-0.2, -0.15) is 0 Å². The molecule has 0 bridgehead atoms. The topological polar surface area (TPSA) is 45.2 Å². The Morgan fingerprint density at radius 3 is 2.76 bits per heavy atom. The van der Waals surface area contributed by atoms with Crippen LogP contribution in [0.25, 0.3) is 10.9 Å². The molecule has 0 spiro atoms. The SMILES string of the molecule is CCN1CCc2nc3ccccc3c(C(=O)N[C@H](C)c3ccc(F)c(F)c3)c2C1. The monoisotopic (exact) mass is 395 g/mol. The molecule has 0 saturated heterocycles. The lowest BCUT2D eigenvalue weighted by Crippen LogP contribution is -2.34. The van der Waals surface area contributed by atoms with Crippen LogP contribution < -0.4 is 5.32 Å². The molecule has 1 amide bonds. The second kappa shape index (κ2) is 7.87. The number of aromatic nitrogens is 1. The van der Waals surface area contributed by atoms with Gasteiger partial charge in [0.1, 0.15) is 0 Å². The number of hydrogen-bond donors (Lipinski definition) is 1. The minimum Gasteiger partial charge on any atom is -0.345 e. The Kier molecular flexibility index (Phi) is 5.28. The maximum Gasteiger partial charge on any atom is 0.252 e. The number of benzene rings is 2. The van der Waals surface area contributed by atoms with E-state index in [-0.39, 0.29) is 5.91 Å². The van der Waals surface area contributed by atoms with E-state index in [4.69, 9.17) is 4.98 Å². The average molecular weight is 395 g/mol. The fourth-order valence-electron chi connectivity index (χ4n) is 3.91. The molecule has 6 heteroatoms. The van der Waals surface area contributed by atoms with Gasteiger partial charge in [0.15, 0.2) is 11.6 Å². The molecule has 1 aromatic heterocycles. The number of nitrogens with one attached hydrogen (secondary N) is 1. The van der Waals surface area contributed by atoms with E-state index >= 15 is 0 Å². The van der Waals surface area contributed by atoms with Gasteiger partial charge < -0.3 is 5.32 Å². The van der Waals surface area contributed by atoms with Crippen molar-refractivity contribution in [3.05, 3.63) is 76.5 Å². The Bertz CT molecular complexity index is 1080. The zero-order chi connectivity index (χ0) is 20.5. The number of carbonyl (C=O) groups excluding carboxylic acids is 1. The normalized spacial score (nSPS) is 15.2. The van der Waals surface area contributed by atoms with Crippen LogP contribution in [0.5, 0.6) is 0 Å². The number of carbonyl (C=O) groups is 1. The average Bonchev–Trinajstić information content (AvgIpc) is 2.73. The summed E-state index contributed by atoms with van der Waals surface area (Å²) < 4.78 is 26.9. The molecule has 1 aliphatic rings. The molecular weight excluding hydrogens is 372 g/mol. The molecule has 0 saturated carbocycles. The summed E-state index contributed by atoms with van der Waals surface area (Å²) in [6.45, 7) is 6.36. The van der Waals surface area contributed by atoms with Crippen molar-refractivity contribution < 1.29 is 13.6 Å². The molecule has 29 heavy (non-hydrogen) atoms. The summed E-state index contributed by atoms with van der Waals surface area (Å²) in [6, 6.07) is 10.9. The molecule has 3 aromatic rings. The first-order valence-electron chi connectivity index (χ1n) is 9.86. The largest absolute Gasteiger partial charge is 0.345 e. The maximum absolute atomic E-state index is 13.6. The molecule has 2 heterocycles. The molecule has 1 aliphatic heterocycles. The van der Waals surface area contributed by atoms with Crippen LogP contribution in [0.1, 0.15) is 47.1 Å². The lowest BCUT2D eigenvalue weighted by Gasteiger charge is -2.29. The number of para-hydroxylation sites is 1. The van der Waals surface area contributed by atoms with E-state index in [1.54, 1.807) is 6.92 Å². The number of likely N-dealkylation sites (N-methyl/N-ethyl adjacent to an activating group) is 1. The number of nitrogens with zero attached hydrogens (tertiary/aromatic N) is 2. The highest BCUT2D eigenvalue weighted by molar-refractivity contribution is 6.07. The van der Waals surface area contributed by atoms with Gasteiger partial charge in [0.05, 0.1) is 17.1 Å². The predicted octanol–water partition coefficient (Wildman–Crippen LogP) is 4.38. The highest BCUT2D eigenvalue weighted by atomic mass is 19.2. The van der Waals surface area contributed by atoms with E-state index < -0.39 is 17.7 Å². The minimum absolute atomic E-state index is 0.227. The van der Waals surface area contributed by atoms with E-state index in [0.717, 1.165) is 53.8 Å². The lowest BCUT2D eigenvalue weighted by atomic mass is 9.94. The van der Waals surface area contributed by atoms with Gasteiger partial charge in [0, 0.05) is 36.2 Å². The molecule has 4 nitrogen and oxygen atoms in total. The third-order valence-corrected chi connectivity index (χ3v) is 5.59. The molecule has 0 unspecified atom stereocenters. The van der Waals surface area contributed by atoms with Gasteiger partial charge in [0.25, 0.3) is 5.91 Å². The van der Waals surface area contributed by atoms with Crippen LogP contribution in [0.4, 0.5) is 8.78 Å². The van der Waals surface area contributed by atoms with Gasteiger partial charge in [-0.25, -0.2) is 8.78 Å². The summed E-state index contributed by atoms with van der Waals surface area (Å²) >= 11 is 0.